The van der Waals surface area contributed by atoms with E-state index in [9.17, 15) is 4.79 Å². The summed E-state index contributed by atoms with van der Waals surface area (Å²) in [6.45, 7) is 0.134. The van der Waals surface area contributed by atoms with Gasteiger partial charge in [-0.2, -0.15) is 5.26 Å². The Morgan fingerprint density at radius 1 is 1.43 bits per heavy atom. The number of fused-ring (bicyclic) bond motifs is 1. The molecule has 0 amide bonds. The molecular weight excluding hydrogens is 310 g/mol. The highest BCUT2D eigenvalue weighted by atomic mass is 35.5. The van der Waals surface area contributed by atoms with Crippen LogP contribution in [0, 0.1) is 11.3 Å². The normalized spacial score (nSPS) is 10.5. The van der Waals surface area contributed by atoms with E-state index in [0.29, 0.717) is 27.0 Å². The molecule has 0 bridgehead atoms. The molecule has 21 heavy (non-hydrogen) atoms. The van der Waals surface area contributed by atoms with Gasteiger partial charge in [0, 0.05) is 17.6 Å². The van der Waals surface area contributed by atoms with Gasteiger partial charge in [-0.15, -0.1) is 11.3 Å². The monoisotopic (exact) mass is 317 g/mol. The summed E-state index contributed by atoms with van der Waals surface area (Å²) >= 11 is 7.40. The highest BCUT2D eigenvalue weighted by Crippen LogP contribution is 2.25. The quantitative estimate of drug-likeness (QED) is 0.745. The molecule has 0 spiro atoms. The number of hydrogen-bond acceptors (Lipinski definition) is 5. The summed E-state index contributed by atoms with van der Waals surface area (Å²) in [6, 6.07) is 8.20. The lowest BCUT2D eigenvalue weighted by Crippen LogP contribution is -2.14. The molecule has 2 aromatic heterocycles. The third-order valence-electron chi connectivity index (χ3n) is 2.79. The Kier molecular flexibility index (Phi) is 3.60. The molecule has 0 unspecified atom stereocenters. The van der Waals surface area contributed by atoms with Gasteiger partial charge in [0.2, 0.25) is 0 Å². The summed E-state index contributed by atoms with van der Waals surface area (Å²) in [7, 11) is 0. The van der Waals surface area contributed by atoms with E-state index in [2.05, 4.69) is 4.98 Å². The Labute approximate surface area is 128 Å². The molecule has 0 aliphatic heterocycles. The van der Waals surface area contributed by atoms with Crippen LogP contribution in [-0.2, 0) is 6.61 Å². The van der Waals surface area contributed by atoms with Gasteiger partial charge in [0.1, 0.15) is 12.4 Å². The van der Waals surface area contributed by atoms with Gasteiger partial charge < -0.3 is 4.74 Å². The second-order valence-corrected chi connectivity index (χ2v) is 5.47. The SMILES string of the molecule is N#Cc1ccc(OCc2cc(=O)n3ccsc3n2)c(Cl)c1. The minimum absolute atomic E-state index is 0.134. The molecule has 0 aliphatic carbocycles. The van der Waals surface area contributed by atoms with Gasteiger partial charge in [0.15, 0.2) is 4.96 Å². The number of ether oxygens (including phenoxy) is 1. The van der Waals surface area contributed by atoms with Crippen LogP contribution in [0.15, 0.2) is 40.6 Å². The van der Waals surface area contributed by atoms with Crippen LogP contribution in [0.25, 0.3) is 4.96 Å². The first-order valence-electron chi connectivity index (χ1n) is 5.95. The topological polar surface area (TPSA) is 67.4 Å². The summed E-state index contributed by atoms with van der Waals surface area (Å²) in [4.78, 5) is 16.8. The summed E-state index contributed by atoms with van der Waals surface area (Å²) < 4.78 is 7.03. The molecular formula is C14H8ClN3O2S. The largest absolute Gasteiger partial charge is 0.486 e. The number of rotatable bonds is 3. The number of thiazole rings is 1. The van der Waals surface area contributed by atoms with Crippen molar-refractivity contribution in [3.8, 4) is 11.8 Å². The molecule has 0 saturated heterocycles. The van der Waals surface area contributed by atoms with Crippen molar-refractivity contribution in [2.75, 3.05) is 0 Å². The van der Waals surface area contributed by atoms with Crippen LogP contribution in [0.2, 0.25) is 5.02 Å². The van der Waals surface area contributed by atoms with E-state index in [4.69, 9.17) is 21.6 Å². The lowest BCUT2D eigenvalue weighted by molar-refractivity contribution is 0.301. The number of nitrogens with zero attached hydrogens (tertiary/aromatic N) is 3. The molecule has 3 aromatic rings. The van der Waals surface area contributed by atoms with Crippen molar-refractivity contribution in [1.82, 2.24) is 9.38 Å². The standard InChI is InChI=1S/C14H8ClN3O2S/c15-11-5-9(7-16)1-2-12(11)20-8-10-6-13(19)18-3-4-21-14(18)17-10/h1-6H,8H2. The Morgan fingerprint density at radius 3 is 3.05 bits per heavy atom. The van der Waals surface area contributed by atoms with E-state index in [1.165, 1.54) is 27.9 Å². The highest BCUT2D eigenvalue weighted by Gasteiger charge is 2.07. The zero-order chi connectivity index (χ0) is 14.8. The van der Waals surface area contributed by atoms with E-state index >= 15 is 0 Å². The fourth-order valence-corrected chi connectivity index (χ4v) is 2.77. The lowest BCUT2D eigenvalue weighted by Gasteiger charge is -2.07. The van der Waals surface area contributed by atoms with Crippen molar-refractivity contribution in [3.05, 3.63) is 62.5 Å². The van der Waals surface area contributed by atoms with Crippen LogP contribution in [0.4, 0.5) is 0 Å². The van der Waals surface area contributed by atoms with Crippen molar-refractivity contribution >= 4 is 27.9 Å². The van der Waals surface area contributed by atoms with E-state index in [1.807, 2.05) is 6.07 Å². The van der Waals surface area contributed by atoms with Crippen molar-refractivity contribution in [2.24, 2.45) is 0 Å². The number of aromatic nitrogens is 2. The van der Waals surface area contributed by atoms with Crippen molar-refractivity contribution in [2.45, 2.75) is 6.61 Å². The second-order valence-electron chi connectivity index (χ2n) is 4.19. The minimum atomic E-state index is -0.147. The summed E-state index contributed by atoms with van der Waals surface area (Å²) in [5.41, 5.74) is 0.845. The molecule has 0 radical (unpaired) electrons. The van der Waals surface area contributed by atoms with Gasteiger partial charge in [0.25, 0.3) is 5.56 Å². The van der Waals surface area contributed by atoms with Gasteiger partial charge >= 0.3 is 0 Å². The van der Waals surface area contributed by atoms with Crippen LogP contribution in [0.5, 0.6) is 5.75 Å². The summed E-state index contributed by atoms with van der Waals surface area (Å²) in [5, 5.41) is 10.9. The maximum atomic E-state index is 11.8. The Balaban J connectivity index is 1.83. The number of benzene rings is 1. The molecule has 0 atom stereocenters. The molecule has 3 rings (SSSR count). The maximum absolute atomic E-state index is 11.8. The van der Waals surface area contributed by atoms with Crippen LogP contribution >= 0.6 is 22.9 Å². The van der Waals surface area contributed by atoms with Crippen LogP contribution in [-0.4, -0.2) is 9.38 Å². The van der Waals surface area contributed by atoms with Gasteiger partial charge in [-0.1, -0.05) is 11.6 Å². The van der Waals surface area contributed by atoms with Crippen molar-refractivity contribution in [1.29, 1.82) is 5.26 Å². The predicted octanol–water partition coefficient (Wildman–Crippen LogP) is 2.86. The lowest BCUT2D eigenvalue weighted by atomic mass is 10.2. The fourth-order valence-electron chi connectivity index (χ4n) is 1.80. The average molecular weight is 318 g/mol. The van der Waals surface area contributed by atoms with Gasteiger partial charge in [-0.25, -0.2) is 4.98 Å². The average Bonchev–Trinajstić information content (AvgIpc) is 2.95. The van der Waals surface area contributed by atoms with Gasteiger partial charge in [0.05, 0.1) is 22.3 Å². The summed E-state index contributed by atoms with van der Waals surface area (Å²) in [5.74, 6) is 0.448. The zero-order valence-corrected chi connectivity index (χ0v) is 12.2. The second kappa shape index (κ2) is 5.56. The third-order valence-corrected chi connectivity index (χ3v) is 3.84. The van der Waals surface area contributed by atoms with Crippen molar-refractivity contribution in [3.63, 3.8) is 0 Å². The first-order valence-corrected chi connectivity index (χ1v) is 7.21. The van der Waals surface area contributed by atoms with E-state index in [-0.39, 0.29) is 12.2 Å². The molecule has 1 aromatic carbocycles. The third kappa shape index (κ3) is 2.75. The molecule has 0 N–H and O–H groups in total. The molecule has 0 aliphatic rings. The maximum Gasteiger partial charge on any atom is 0.258 e. The summed E-state index contributed by atoms with van der Waals surface area (Å²) in [6.07, 6.45) is 1.68. The Morgan fingerprint density at radius 2 is 2.29 bits per heavy atom. The number of hydrogen-bond donors (Lipinski definition) is 0. The molecule has 7 heteroatoms. The highest BCUT2D eigenvalue weighted by molar-refractivity contribution is 7.15. The first kappa shape index (κ1) is 13.6. The molecule has 0 saturated carbocycles. The molecule has 5 nitrogen and oxygen atoms in total. The Hall–Kier alpha value is -2.36. The van der Waals surface area contributed by atoms with Crippen molar-refractivity contribution < 1.29 is 4.74 Å². The van der Waals surface area contributed by atoms with E-state index in [1.54, 1.807) is 23.7 Å². The smallest absolute Gasteiger partial charge is 0.258 e. The minimum Gasteiger partial charge on any atom is -0.486 e. The van der Waals surface area contributed by atoms with Crippen LogP contribution in [0.1, 0.15) is 11.3 Å². The van der Waals surface area contributed by atoms with Crippen LogP contribution in [0.3, 0.4) is 0 Å². The number of halogens is 1. The fraction of sp³-hybridized carbons (Fsp3) is 0.0714. The van der Waals surface area contributed by atoms with E-state index in [0.717, 1.165) is 0 Å². The van der Waals surface area contributed by atoms with Gasteiger partial charge in [-0.3, -0.25) is 9.20 Å². The zero-order valence-electron chi connectivity index (χ0n) is 10.6. The number of nitriles is 1. The first-order chi connectivity index (χ1) is 10.2. The Bertz CT molecular complexity index is 910. The molecule has 0 fully saturated rings. The van der Waals surface area contributed by atoms with Gasteiger partial charge in [-0.05, 0) is 18.2 Å². The molecule has 2 heterocycles. The van der Waals surface area contributed by atoms with E-state index < -0.39 is 0 Å². The van der Waals surface area contributed by atoms with Crippen LogP contribution < -0.4 is 10.3 Å². The molecule has 104 valence electrons. The predicted molar refractivity (Wildman–Crippen MR) is 79.8 cm³/mol.